The molecule has 1 atom stereocenters. The number of carbonyl (C=O) groups excluding carboxylic acids is 2. The number of amides is 2. The van der Waals surface area contributed by atoms with E-state index >= 15 is 0 Å². The molecule has 1 saturated carbocycles. The molecule has 1 aliphatic carbocycles. The zero-order valence-electron chi connectivity index (χ0n) is 13.2. The average molecular weight is 331 g/mol. The van der Waals surface area contributed by atoms with Crippen LogP contribution in [-0.2, 0) is 9.59 Å². The molecule has 1 fully saturated rings. The van der Waals surface area contributed by atoms with Crippen molar-refractivity contribution in [2.45, 2.75) is 43.4 Å². The Kier molecular flexibility index (Phi) is 5.00. The number of para-hydroxylation sites is 1. The Morgan fingerprint density at radius 2 is 2.00 bits per heavy atom. The molecular formula is C17H21N3O2S. The highest BCUT2D eigenvalue weighted by Gasteiger charge is 2.32. The van der Waals surface area contributed by atoms with Gasteiger partial charge in [0.2, 0.25) is 5.91 Å². The predicted octanol–water partition coefficient (Wildman–Crippen LogP) is 2.57. The van der Waals surface area contributed by atoms with Crippen LogP contribution in [0.1, 0.15) is 32.1 Å². The van der Waals surface area contributed by atoms with E-state index in [2.05, 4.69) is 10.3 Å². The number of hydrogen-bond acceptors (Lipinski definition) is 4. The number of rotatable bonds is 4. The normalized spacial score (nSPS) is 21.3. The van der Waals surface area contributed by atoms with Crippen LogP contribution in [0.3, 0.4) is 0 Å². The van der Waals surface area contributed by atoms with Crippen molar-refractivity contribution in [3.05, 3.63) is 30.3 Å². The first-order valence-electron chi connectivity index (χ1n) is 8.01. The van der Waals surface area contributed by atoms with Gasteiger partial charge in [0.25, 0.3) is 5.91 Å². The minimum atomic E-state index is -0.405. The van der Waals surface area contributed by atoms with Gasteiger partial charge in [-0.25, -0.2) is 0 Å². The average Bonchev–Trinajstić information content (AvgIpc) is 3.18. The monoisotopic (exact) mass is 331 g/mol. The number of benzene rings is 1. The molecule has 1 N–H and O–H groups in total. The van der Waals surface area contributed by atoms with Crippen molar-refractivity contribution >= 4 is 34.4 Å². The van der Waals surface area contributed by atoms with E-state index in [4.69, 9.17) is 0 Å². The summed E-state index contributed by atoms with van der Waals surface area (Å²) in [6, 6.07) is 9.88. The number of thioether (sulfide) groups is 1. The van der Waals surface area contributed by atoms with Crippen molar-refractivity contribution < 1.29 is 9.59 Å². The molecule has 0 radical (unpaired) electrons. The Bertz CT molecular complexity index is 612. The van der Waals surface area contributed by atoms with Gasteiger partial charge in [0.15, 0.2) is 5.17 Å². The van der Waals surface area contributed by atoms with Gasteiger partial charge in [-0.2, -0.15) is 4.99 Å². The zero-order chi connectivity index (χ0) is 16.2. The largest absolute Gasteiger partial charge is 0.362 e. The molecule has 1 heterocycles. The van der Waals surface area contributed by atoms with Gasteiger partial charge in [0.05, 0.1) is 0 Å². The summed E-state index contributed by atoms with van der Waals surface area (Å²) in [5, 5.41) is 3.62. The van der Waals surface area contributed by atoms with E-state index in [0.717, 1.165) is 18.5 Å². The van der Waals surface area contributed by atoms with E-state index in [-0.39, 0.29) is 18.2 Å². The molecule has 1 aliphatic heterocycles. The first-order valence-corrected chi connectivity index (χ1v) is 8.89. The van der Waals surface area contributed by atoms with Crippen molar-refractivity contribution in [1.82, 2.24) is 5.32 Å². The van der Waals surface area contributed by atoms with Crippen LogP contribution in [0.5, 0.6) is 0 Å². The smallest absolute Gasteiger partial charge is 0.262 e. The number of aliphatic imine (C=N–C) groups is 1. The molecule has 122 valence electrons. The summed E-state index contributed by atoms with van der Waals surface area (Å²) in [4.78, 5) is 30.1. The van der Waals surface area contributed by atoms with Gasteiger partial charge in [-0.3, -0.25) is 9.59 Å². The summed E-state index contributed by atoms with van der Waals surface area (Å²) in [6.45, 7) is 0. The Morgan fingerprint density at radius 3 is 2.70 bits per heavy atom. The van der Waals surface area contributed by atoms with Crippen molar-refractivity contribution in [2.24, 2.45) is 4.99 Å². The Labute approximate surface area is 140 Å². The van der Waals surface area contributed by atoms with E-state index in [9.17, 15) is 9.59 Å². The number of nitrogens with zero attached hydrogens (tertiary/aromatic N) is 2. The van der Waals surface area contributed by atoms with Gasteiger partial charge in [0.1, 0.15) is 5.25 Å². The van der Waals surface area contributed by atoms with Crippen LogP contribution in [0.2, 0.25) is 0 Å². The molecule has 1 aromatic rings. The fourth-order valence-corrected chi connectivity index (χ4v) is 3.94. The molecule has 2 aliphatic rings. The van der Waals surface area contributed by atoms with E-state index in [1.54, 1.807) is 11.9 Å². The fourth-order valence-electron chi connectivity index (χ4n) is 2.91. The molecule has 0 bridgehead atoms. The van der Waals surface area contributed by atoms with E-state index in [1.165, 1.54) is 24.6 Å². The van der Waals surface area contributed by atoms with E-state index in [0.29, 0.717) is 11.2 Å². The van der Waals surface area contributed by atoms with Crippen LogP contribution < -0.4 is 10.2 Å². The zero-order valence-corrected chi connectivity index (χ0v) is 14.0. The summed E-state index contributed by atoms with van der Waals surface area (Å²) in [5.41, 5.74) is 0.832. The van der Waals surface area contributed by atoms with E-state index in [1.807, 2.05) is 30.3 Å². The third-order valence-corrected chi connectivity index (χ3v) is 5.39. The molecule has 1 unspecified atom stereocenters. The molecular weight excluding hydrogens is 310 g/mol. The number of nitrogens with one attached hydrogen (secondary N) is 1. The van der Waals surface area contributed by atoms with Crippen molar-refractivity contribution in [1.29, 1.82) is 0 Å². The van der Waals surface area contributed by atoms with Crippen LogP contribution in [0.4, 0.5) is 5.69 Å². The highest BCUT2D eigenvalue weighted by Crippen LogP contribution is 2.27. The fraction of sp³-hybridized carbons (Fsp3) is 0.471. The molecule has 23 heavy (non-hydrogen) atoms. The molecule has 6 heteroatoms. The topological polar surface area (TPSA) is 61.8 Å². The van der Waals surface area contributed by atoms with Crippen molar-refractivity contribution in [3.8, 4) is 0 Å². The third kappa shape index (κ3) is 3.93. The lowest BCUT2D eigenvalue weighted by Crippen LogP contribution is -2.31. The van der Waals surface area contributed by atoms with Crippen molar-refractivity contribution in [3.63, 3.8) is 0 Å². The summed E-state index contributed by atoms with van der Waals surface area (Å²) in [5.74, 6) is -0.273. The lowest BCUT2D eigenvalue weighted by Gasteiger charge is -2.18. The highest BCUT2D eigenvalue weighted by atomic mass is 32.2. The van der Waals surface area contributed by atoms with Crippen LogP contribution >= 0.6 is 11.8 Å². The molecule has 0 aromatic heterocycles. The third-order valence-electron chi connectivity index (χ3n) is 4.30. The first-order chi connectivity index (χ1) is 11.1. The SMILES string of the molecule is CN(C(=O)CC1SC(NC2CCCC2)=NC1=O)c1ccccc1. The lowest BCUT2D eigenvalue weighted by atomic mass is 10.2. The minimum absolute atomic E-state index is 0.0700. The highest BCUT2D eigenvalue weighted by molar-refractivity contribution is 8.15. The molecule has 0 spiro atoms. The number of amidine groups is 1. The Morgan fingerprint density at radius 1 is 1.30 bits per heavy atom. The number of carbonyl (C=O) groups is 2. The van der Waals surface area contributed by atoms with Gasteiger partial charge < -0.3 is 10.2 Å². The molecule has 5 nitrogen and oxygen atoms in total. The summed E-state index contributed by atoms with van der Waals surface area (Å²) in [6.07, 6.45) is 4.90. The maximum atomic E-state index is 12.4. The van der Waals surface area contributed by atoms with Crippen LogP contribution in [0, 0.1) is 0 Å². The number of hydrogen-bond donors (Lipinski definition) is 1. The lowest BCUT2D eigenvalue weighted by molar-refractivity contribution is -0.122. The van der Waals surface area contributed by atoms with Gasteiger partial charge in [-0.05, 0) is 25.0 Å². The summed E-state index contributed by atoms with van der Waals surface area (Å²) in [7, 11) is 1.74. The van der Waals surface area contributed by atoms with Gasteiger partial charge in [0, 0.05) is 25.2 Å². The Hall–Kier alpha value is -1.82. The van der Waals surface area contributed by atoms with E-state index < -0.39 is 5.25 Å². The van der Waals surface area contributed by atoms with Crippen LogP contribution in [0.15, 0.2) is 35.3 Å². The second kappa shape index (κ2) is 7.17. The number of anilines is 1. The maximum Gasteiger partial charge on any atom is 0.262 e. The summed E-state index contributed by atoms with van der Waals surface area (Å²) < 4.78 is 0. The van der Waals surface area contributed by atoms with Crippen molar-refractivity contribution in [2.75, 3.05) is 11.9 Å². The Balaban J connectivity index is 1.54. The standard InChI is InChI=1S/C17H21N3O2S/c1-20(13-9-3-2-4-10-13)15(21)11-14-16(22)19-17(23-14)18-12-7-5-6-8-12/h2-4,9-10,12,14H,5-8,11H2,1H3,(H,18,19,22). The second-order valence-corrected chi connectivity index (χ2v) is 7.17. The first kappa shape index (κ1) is 16.1. The van der Waals surface area contributed by atoms with Gasteiger partial charge >= 0.3 is 0 Å². The second-order valence-electron chi connectivity index (χ2n) is 5.98. The molecule has 2 amide bonds. The summed E-state index contributed by atoms with van der Waals surface area (Å²) >= 11 is 1.39. The predicted molar refractivity (Wildman–Crippen MR) is 93.7 cm³/mol. The molecule has 3 rings (SSSR count). The minimum Gasteiger partial charge on any atom is -0.362 e. The molecule has 1 aromatic carbocycles. The van der Waals surface area contributed by atoms with Gasteiger partial charge in [-0.15, -0.1) is 0 Å². The molecule has 0 saturated heterocycles. The maximum absolute atomic E-state index is 12.4. The quantitative estimate of drug-likeness (QED) is 0.921. The van der Waals surface area contributed by atoms with Crippen LogP contribution in [0.25, 0.3) is 0 Å². The van der Waals surface area contributed by atoms with Gasteiger partial charge in [-0.1, -0.05) is 42.8 Å². The van der Waals surface area contributed by atoms with Crippen LogP contribution in [-0.4, -0.2) is 35.3 Å².